The summed E-state index contributed by atoms with van der Waals surface area (Å²) in [5, 5.41) is 2.93. The molecule has 8 nitrogen and oxygen atoms in total. The van der Waals surface area contributed by atoms with Gasteiger partial charge in [0.2, 0.25) is 0 Å². The van der Waals surface area contributed by atoms with E-state index in [1.54, 1.807) is 44.9 Å². The summed E-state index contributed by atoms with van der Waals surface area (Å²) in [7, 11) is -2.57. The van der Waals surface area contributed by atoms with Gasteiger partial charge in [-0.25, -0.2) is 4.79 Å². The first-order valence-electron chi connectivity index (χ1n) is 6.90. The molecule has 9 heteroatoms. The standard InChI is InChI=1S/C13H21N3O5S/c1-13(2,3)21-12(17)16-7-10(9-5-14-15(4)6-9)11(8-16)22(18,19)20/h5-6,10-11H,7-8H2,1-4H3,(H,18,19,20). The Morgan fingerprint density at radius 1 is 1.41 bits per heavy atom. The molecule has 1 aromatic heterocycles. The van der Waals surface area contributed by atoms with Crippen LogP contribution in [0.25, 0.3) is 0 Å². The average molecular weight is 331 g/mol. The number of nitrogens with zero attached hydrogens (tertiary/aromatic N) is 3. The predicted octanol–water partition coefficient (Wildman–Crippen LogP) is 1.01. The van der Waals surface area contributed by atoms with E-state index in [1.807, 2.05) is 0 Å². The minimum Gasteiger partial charge on any atom is -0.444 e. The highest BCUT2D eigenvalue weighted by Gasteiger charge is 2.44. The molecule has 22 heavy (non-hydrogen) atoms. The largest absolute Gasteiger partial charge is 0.444 e. The number of ether oxygens (including phenoxy) is 1. The third-order valence-electron chi connectivity index (χ3n) is 3.45. The van der Waals surface area contributed by atoms with Crippen LogP contribution in [0.2, 0.25) is 0 Å². The minimum atomic E-state index is -4.29. The lowest BCUT2D eigenvalue weighted by Gasteiger charge is -2.24. The first-order chi connectivity index (χ1) is 9.97. The second-order valence-corrected chi connectivity index (χ2v) is 8.13. The van der Waals surface area contributed by atoms with Gasteiger partial charge in [-0.15, -0.1) is 0 Å². The number of aryl methyl sites for hydroxylation is 1. The quantitative estimate of drug-likeness (QED) is 0.812. The highest BCUT2D eigenvalue weighted by Crippen LogP contribution is 2.32. The van der Waals surface area contributed by atoms with Gasteiger partial charge in [0.1, 0.15) is 10.9 Å². The fourth-order valence-corrected chi connectivity index (χ4v) is 3.53. The van der Waals surface area contributed by atoms with Gasteiger partial charge >= 0.3 is 6.09 Å². The molecule has 124 valence electrons. The molecule has 0 radical (unpaired) electrons. The summed E-state index contributed by atoms with van der Waals surface area (Å²) in [5.74, 6) is -0.531. The van der Waals surface area contributed by atoms with Gasteiger partial charge in [-0.1, -0.05) is 0 Å². The molecule has 1 fully saturated rings. The van der Waals surface area contributed by atoms with Crippen LogP contribution in [0.1, 0.15) is 32.3 Å². The number of carbonyl (C=O) groups is 1. The number of amides is 1. The van der Waals surface area contributed by atoms with Crippen LogP contribution in [0, 0.1) is 0 Å². The van der Waals surface area contributed by atoms with Crippen LogP contribution in [0.4, 0.5) is 4.79 Å². The second-order valence-electron chi connectivity index (χ2n) is 6.49. The number of carbonyl (C=O) groups excluding carboxylic acids is 1. The first-order valence-corrected chi connectivity index (χ1v) is 8.40. The molecule has 0 bridgehead atoms. The number of likely N-dealkylation sites (tertiary alicyclic amines) is 1. The number of rotatable bonds is 2. The van der Waals surface area contributed by atoms with E-state index in [-0.39, 0.29) is 13.1 Å². The van der Waals surface area contributed by atoms with Gasteiger partial charge in [0.25, 0.3) is 10.1 Å². The zero-order valence-corrected chi connectivity index (χ0v) is 13.9. The van der Waals surface area contributed by atoms with Gasteiger partial charge < -0.3 is 9.64 Å². The smallest absolute Gasteiger partial charge is 0.410 e. The lowest BCUT2D eigenvalue weighted by Crippen LogP contribution is -2.36. The normalized spacial score (nSPS) is 22.9. The highest BCUT2D eigenvalue weighted by molar-refractivity contribution is 7.86. The zero-order valence-electron chi connectivity index (χ0n) is 13.1. The summed E-state index contributed by atoms with van der Waals surface area (Å²) in [6.45, 7) is 5.26. The summed E-state index contributed by atoms with van der Waals surface area (Å²) in [5.41, 5.74) is -0.00645. The maximum absolute atomic E-state index is 12.1. The van der Waals surface area contributed by atoms with Crippen molar-refractivity contribution in [2.24, 2.45) is 7.05 Å². The fraction of sp³-hybridized carbons (Fsp3) is 0.692. The molecule has 2 unspecified atom stereocenters. The molecule has 1 saturated heterocycles. The molecule has 2 atom stereocenters. The third kappa shape index (κ3) is 3.77. The van der Waals surface area contributed by atoms with Crippen molar-refractivity contribution in [1.29, 1.82) is 0 Å². The summed E-state index contributed by atoms with van der Waals surface area (Å²) in [6, 6.07) is 0. The van der Waals surface area contributed by atoms with E-state index in [9.17, 15) is 17.8 Å². The average Bonchev–Trinajstić information content (AvgIpc) is 2.91. The third-order valence-corrected chi connectivity index (χ3v) is 4.70. The molecule has 1 N–H and O–H groups in total. The van der Waals surface area contributed by atoms with Crippen molar-refractivity contribution in [1.82, 2.24) is 14.7 Å². The van der Waals surface area contributed by atoms with E-state index in [1.165, 1.54) is 4.90 Å². The second kappa shape index (κ2) is 5.54. The summed E-state index contributed by atoms with van der Waals surface area (Å²) >= 11 is 0. The van der Waals surface area contributed by atoms with Crippen LogP contribution in [0.5, 0.6) is 0 Å². The van der Waals surface area contributed by atoms with Gasteiger partial charge in [0.05, 0.1) is 6.20 Å². The van der Waals surface area contributed by atoms with Crippen LogP contribution >= 0.6 is 0 Å². The zero-order chi connectivity index (χ0) is 16.7. The van der Waals surface area contributed by atoms with E-state index in [4.69, 9.17) is 4.74 Å². The Morgan fingerprint density at radius 2 is 2.05 bits per heavy atom. The molecular weight excluding hydrogens is 310 g/mol. The summed E-state index contributed by atoms with van der Waals surface area (Å²) < 4.78 is 39.5. The Hall–Kier alpha value is -1.61. The first kappa shape index (κ1) is 16.8. The number of aromatic nitrogens is 2. The summed E-state index contributed by atoms with van der Waals surface area (Å²) in [4.78, 5) is 13.4. The Kier molecular flexibility index (Phi) is 4.22. The van der Waals surface area contributed by atoms with E-state index in [0.717, 1.165) is 0 Å². The number of hydrogen-bond acceptors (Lipinski definition) is 5. The lowest BCUT2D eigenvalue weighted by molar-refractivity contribution is 0.0293. The molecule has 1 aliphatic heterocycles. The van der Waals surface area contributed by atoms with Crippen molar-refractivity contribution >= 4 is 16.2 Å². The Morgan fingerprint density at radius 3 is 2.50 bits per heavy atom. The summed E-state index contributed by atoms with van der Waals surface area (Å²) in [6.07, 6.45) is 2.63. The Bertz CT molecular complexity index is 661. The highest BCUT2D eigenvalue weighted by atomic mass is 32.2. The van der Waals surface area contributed by atoms with Crippen molar-refractivity contribution in [3.8, 4) is 0 Å². The van der Waals surface area contributed by atoms with Crippen LogP contribution < -0.4 is 0 Å². The Labute approximate surface area is 129 Å². The SMILES string of the molecule is Cn1cc(C2CN(C(=O)OC(C)(C)C)CC2S(=O)(=O)O)cn1. The monoisotopic (exact) mass is 331 g/mol. The van der Waals surface area contributed by atoms with Crippen molar-refractivity contribution in [3.63, 3.8) is 0 Å². The van der Waals surface area contributed by atoms with E-state index >= 15 is 0 Å². The van der Waals surface area contributed by atoms with E-state index < -0.39 is 33.0 Å². The molecule has 1 aliphatic rings. The van der Waals surface area contributed by atoms with E-state index in [0.29, 0.717) is 5.56 Å². The fourth-order valence-electron chi connectivity index (χ4n) is 2.50. The molecule has 1 aromatic rings. The van der Waals surface area contributed by atoms with Crippen LogP contribution in [0.15, 0.2) is 12.4 Å². The van der Waals surface area contributed by atoms with Gasteiger partial charge in [-0.05, 0) is 26.3 Å². The van der Waals surface area contributed by atoms with Crippen molar-refractivity contribution < 1.29 is 22.5 Å². The maximum atomic E-state index is 12.1. The molecule has 0 saturated carbocycles. The molecule has 1 amide bonds. The number of hydrogen-bond donors (Lipinski definition) is 1. The maximum Gasteiger partial charge on any atom is 0.410 e. The van der Waals surface area contributed by atoms with Crippen LogP contribution in [-0.2, 0) is 21.9 Å². The lowest BCUT2D eigenvalue weighted by atomic mass is 10.0. The van der Waals surface area contributed by atoms with Crippen molar-refractivity contribution in [2.75, 3.05) is 13.1 Å². The van der Waals surface area contributed by atoms with Gasteiger partial charge in [0, 0.05) is 32.3 Å². The van der Waals surface area contributed by atoms with Crippen LogP contribution in [-0.4, -0.2) is 57.7 Å². The molecule has 0 aliphatic carbocycles. The van der Waals surface area contributed by atoms with Gasteiger partial charge in [-0.2, -0.15) is 13.5 Å². The molecule has 0 spiro atoms. The molecule has 0 aromatic carbocycles. The van der Waals surface area contributed by atoms with Crippen LogP contribution in [0.3, 0.4) is 0 Å². The van der Waals surface area contributed by atoms with Crippen molar-refractivity contribution in [2.45, 2.75) is 37.5 Å². The topological polar surface area (TPSA) is 102 Å². The van der Waals surface area contributed by atoms with E-state index in [2.05, 4.69) is 5.10 Å². The van der Waals surface area contributed by atoms with Crippen molar-refractivity contribution in [3.05, 3.63) is 18.0 Å². The minimum absolute atomic E-state index is 0.104. The molecular formula is C13H21N3O5S. The predicted molar refractivity (Wildman–Crippen MR) is 79.1 cm³/mol. The molecule has 2 rings (SSSR count). The Balaban J connectivity index is 2.24. The molecule has 2 heterocycles. The van der Waals surface area contributed by atoms with Gasteiger partial charge in [-0.3, -0.25) is 9.23 Å². The van der Waals surface area contributed by atoms with Gasteiger partial charge in [0.15, 0.2) is 0 Å².